The second kappa shape index (κ2) is 4.98. The number of carbonyl (C=O) groups is 1. The maximum atomic E-state index is 12.4. The lowest BCUT2D eigenvalue weighted by Gasteiger charge is -2.38. The molecule has 0 spiro atoms. The summed E-state index contributed by atoms with van der Waals surface area (Å²) in [5, 5.41) is 11.3. The molecule has 1 fully saturated rings. The molecule has 1 aliphatic heterocycles. The third-order valence-electron chi connectivity index (χ3n) is 3.70. The van der Waals surface area contributed by atoms with Gasteiger partial charge >= 0.3 is 0 Å². The summed E-state index contributed by atoms with van der Waals surface area (Å²) in [6, 6.07) is 2.10. The van der Waals surface area contributed by atoms with Gasteiger partial charge in [0, 0.05) is 30.4 Å². The molecule has 1 saturated heterocycles. The van der Waals surface area contributed by atoms with Crippen LogP contribution >= 0.6 is 15.9 Å². The molecule has 21 heavy (non-hydrogen) atoms. The molecule has 6 nitrogen and oxygen atoms in total. The first kappa shape index (κ1) is 14.3. The van der Waals surface area contributed by atoms with Crippen molar-refractivity contribution in [2.24, 2.45) is 0 Å². The minimum absolute atomic E-state index is 0.0239. The molecular formula is C14H18BrN5O. The topological polar surface area (TPSA) is 66.8 Å². The van der Waals surface area contributed by atoms with Crippen LogP contribution in [0.4, 0.5) is 0 Å². The molecule has 0 radical (unpaired) electrons. The second-order valence-corrected chi connectivity index (χ2v) is 7.34. The van der Waals surface area contributed by atoms with E-state index in [0.717, 1.165) is 10.2 Å². The largest absolute Gasteiger partial charge is 0.333 e. The van der Waals surface area contributed by atoms with E-state index >= 15 is 0 Å². The number of aromatic nitrogens is 4. The summed E-state index contributed by atoms with van der Waals surface area (Å²) >= 11 is 3.38. The summed E-state index contributed by atoms with van der Waals surface area (Å²) in [6.07, 6.45) is 3.69. The molecule has 0 unspecified atom stereocenters. The Morgan fingerprint density at radius 2 is 2.14 bits per heavy atom. The van der Waals surface area contributed by atoms with Gasteiger partial charge in [0.05, 0.1) is 16.7 Å². The Balaban J connectivity index is 1.64. The zero-order valence-electron chi connectivity index (χ0n) is 12.3. The molecule has 3 heterocycles. The molecule has 0 saturated carbocycles. The number of likely N-dealkylation sites (tertiary alicyclic amines) is 1. The van der Waals surface area contributed by atoms with Crippen LogP contribution in [0.3, 0.4) is 0 Å². The molecule has 0 aliphatic carbocycles. The van der Waals surface area contributed by atoms with E-state index in [0.29, 0.717) is 18.8 Å². The predicted molar refractivity (Wildman–Crippen MR) is 82.2 cm³/mol. The lowest BCUT2D eigenvalue weighted by molar-refractivity contribution is 0.0495. The Kier molecular flexibility index (Phi) is 3.39. The maximum absolute atomic E-state index is 12.4. The molecule has 2 aromatic rings. The zero-order valence-corrected chi connectivity index (χ0v) is 13.9. The van der Waals surface area contributed by atoms with Crippen molar-refractivity contribution >= 4 is 21.8 Å². The fourth-order valence-corrected chi connectivity index (χ4v) is 2.58. The van der Waals surface area contributed by atoms with Crippen molar-refractivity contribution in [3.05, 3.63) is 34.3 Å². The van der Waals surface area contributed by atoms with Crippen LogP contribution in [0.15, 0.2) is 22.9 Å². The summed E-state index contributed by atoms with van der Waals surface area (Å²) in [6.45, 7) is 7.60. The smallest absolute Gasteiger partial charge is 0.274 e. The SMILES string of the molecule is CC(C)(C)c1cc(C(=O)N2CC(n3cc(Br)cn3)C2)n[nH]1. The molecule has 3 rings (SSSR count). The van der Waals surface area contributed by atoms with Gasteiger partial charge in [-0.25, -0.2) is 0 Å². The highest BCUT2D eigenvalue weighted by Gasteiger charge is 2.34. The minimum Gasteiger partial charge on any atom is -0.333 e. The third-order valence-corrected chi connectivity index (χ3v) is 4.11. The number of hydrogen-bond acceptors (Lipinski definition) is 3. The quantitative estimate of drug-likeness (QED) is 0.902. The Morgan fingerprint density at radius 1 is 1.43 bits per heavy atom. The van der Waals surface area contributed by atoms with Crippen molar-refractivity contribution in [3.63, 3.8) is 0 Å². The van der Waals surface area contributed by atoms with Crippen molar-refractivity contribution < 1.29 is 4.79 Å². The van der Waals surface area contributed by atoms with Crippen LogP contribution in [0, 0.1) is 0 Å². The van der Waals surface area contributed by atoms with Gasteiger partial charge in [-0.15, -0.1) is 0 Å². The number of hydrogen-bond donors (Lipinski definition) is 1. The lowest BCUT2D eigenvalue weighted by Crippen LogP contribution is -2.51. The Bertz CT molecular complexity index is 663. The summed E-state index contributed by atoms with van der Waals surface area (Å²) in [5.74, 6) is -0.0239. The summed E-state index contributed by atoms with van der Waals surface area (Å²) in [5.41, 5.74) is 1.42. The van der Waals surface area contributed by atoms with Gasteiger partial charge in [-0.05, 0) is 22.0 Å². The predicted octanol–water partition coefficient (Wildman–Crippen LogP) is 2.36. The Hall–Kier alpha value is -1.63. The lowest BCUT2D eigenvalue weighted by atomic mass is 9.92. The zero-order chi connectivity index (χ0) is 15.2. The second-order valence-electron chi connectivity index (χ2n) is 6.42. The molecule has 112 valence electrons. The van der Waals surface area contributed by atoms with Crippen LogP contribution in [0.1, 0.15) is 43.0 Å². The summed E-state index contributed by atoms with van der Waals surface area (Å²) < 4.78 is 2.84. The molecule has 0 aromatic carbocycles. The molecule has 2 aromatic heterocycles. The van der Waals surface area contributed by atoms with E-state index in [9.17, 15) is 4.79 Å². The number of nitrogens with zero attached hydrogens (tertiary/aromatic N) is 4. The fraction of sp³-hybridized carbons (Fsp3) is 0.500. The molecule has 1 N–H and O–H groups in total. The van der Waals surface area contributed by atoms with Crippen LogP contribution < -0.4 is 0 Å². The highest BCUT2D eigenvalue weighted by molar-refractivity contribution is 9.10. The first-order valence-corrected chi connectivity index (χ1v) is 7.69. The highest BCUT2D eigenvalue weighted by atomic mass is 79.9. The number of nitrogens with one attached hydrogen (secondary N) is 1. The van der Waals surface area contributed by atoms with Crippen molar-refractivity contribution in [2.75, 3.05) is 13.1 Å². The fourth-order valence-electron chi connectivity index (χ4n) is 2.28. The molecule has 1 amide bonds. The Morgan fingerprint density at radius 3 is 2.67 bits per heavy atom. The van der Waals surface area contributed by atoms with Crippen LogP contribution in [0.5, 0.6) is 0 Å². The summed E-state index contributed by atoms with van der Waals surface area (Å²) in [7, 11) is 0. The van der Waals surface area contributed by atoms with E-state index in [1.54, 1.807) is 11.1 Å². The average Bonchev–Trinajstić information content (AvgIpc) is 2.95. The number of rotatable bonds is 2. The van der Waals surface area contributed by atoms with Gasteiger partial charge in [0.2, 0.25) is 0 Å². The average molecular weight is 352 g/mol. The van der Waals surface area contributed by atoms with E-state index in [1.807, 2.05) is 16.9 Å². The number of H-pyrrole nitrogens is 1. The first-order chi connectivity index (χ1) is 9.84. The number of amides is 1. The third kappa shape index (κ3) is 2.74. The van der Waals surface area contributed by atoms with Crippen molar-refractivity contribution in [1.82, 2.24) is 24.9 Å². The van der Waals surface area contributed by atoms with Crippen molar-refractivity contribution in [1.29, 1.82) is 0 Å². The standard InChI is InChI=1S/C14H18BrN5O/c1-14(2,3)12-4-11(17-18-12)13(21)19-7-10(8-19)20-6-9(15)5-16-20/h4-6,10H,7-8H2,1-3H3,(H,17,18). The molecular weight excluding hydrogens is 334 g/mol. The Labute approximate surface area is 131 Å². The van der Waals surface area contributed by atoms with E-state index in [4.69, 9.17) is 0 Å². The molecule has 1 aliphatic rings. The minimum atomic E-state index is -0.0374. The van der Waals surface area contributed by atoms with E-state index in [1.165, 1.54) is 0 Å². The van der Waals surface area contributed by atoms with Crippen molar-refractivity contribution in [2.45, 2.75) is 32.2 Å². The van der Waals surface area contributed by atoms with Gasteiger partial charge in [-0.1, -0.05) is 20.8 Å². The number of carbonyl (C=O) groups excluding carboxylic acids is 1. The number of halogens is 1. The van der Waals surface area contributed by atoms with E-state index in [-0.39, 0.29) is 17.4 Å². The van der Waals surface area contributed by atoms with Gasteiger partial charge in [-0.2, -0.15) is 10.2 Å². The van der Waals surface area contributed by atoms with Crippen LogP contribution in [-0.2, 0) is 5.41 Å². The normalized spacial score (nSPS) is 16.1. The monoisotopic (exact) mass is 351 g/mol. The van der Waals surface area contributed by atoms with Crippen LogP contribution in [0.2, 0.25) is 0 Å². The van der Waals surface area contributed by atoms with E-state index < -0.39 is 0 Å². The highest BCUT2D eigenvalue weighted by Crippen LogP contribution is 2.25. The van der Waals surface area contributed by atoms with Gasteiger partial charge < -0.3 is 4.90 Å². The van der Waals surface area contributed by atoms with E-state index in [2.05, 4.69) is 52.0 Å². The first-order valence-electron chi connectivity index (χ1n) is 6.89. The molecule has 7 heteroatoms. The maximum Gasteiger partial charge on any atom is 0.274 e. The van der Waals surface area contributed by atoms with Gasteiger partial charge in [0.1, 0.15) is 5.69 Å². The van der Waals surface area contributed by atoms with Crippen molar-refractivity contribution in [3.8, 4) is 0 Å². The molecule has 0 bridgehead atoms. The molecule has 0 atom stereocenters. The van der Waals surface area contributed by atoms with Crippen LogP contribution in [-0.4, -0.2) is 43.9 Å². The van der Waals surface area contributed by atoms with Gasteiger partial charge in [0.25, 0.3) is 5.91 Å². The summed E-state index contributed by atoms with van der Waals surface area (Å²) in [4.78, 5) is 14.1. The van der Waals surface area contributed by atoms with Gasteiger partial charge in [-0.3, -0.25) is 14.6 Å². The van der Waals surface area contributed by atoms with Crippen LogP contribution in [0.25, 0.3) is 0 Å². The van der Waals surface area contributed by atoms with Gasteiger partial charge in [0.15, 0.2) is 0 Å². The number of aromatic amines is 1.